The number of nitro groups is 1. The summed E-state index contributed by atoms with van der Waals surface area (Å²) in [5.41, 5.74) is 0.528. The molecule has 1 aromatic carbocycles. The molecule has 0 saturated carbocycles. The molecule has 3 heterocycles. The number of allylic oxidation sites excluding steroid dienone is 1. The van der Waals surface area contributed by atoms with Crippen LogP contribution >= 0.6 is 22.9 Å². The lowest BCUT2D eigenvalue weighted by Gasteiger charge is -2.25. The number of carbonyl (C=O) groups is 1. The lowest BCUT2D eigenvalue weighted by Crippen LogP contribution is -2.40. The van der Waals surface area contributed by atoms with Crippen molar-refractivity contribution in [3.63, 3.8) is 0 Å². The van der Waals surface area contributed by atoms with Gasteiger partial charge in [0.1, 0.15) is 22.5 Å². The topological polar surface area (TPSA) is 126 Å². The van der Waals surface area contributed by atoms with Gasteiger partial charge in [0.2, 0.25) is 0 Å². The van der Waals surface area contributed by atoms with E-state index in [9.17, 15) is 19.7 Å². The molecule has 0 spiro atoms. The van der Waals surface area contributed by atoms with Gasteiger partial charge in [-0.3, -0.25) is 19.5 Å². The Morgan fingerprint density at radius 2 is 2.09 bits per heavy atom. The van der Waals surface area contributed by atoms with Crippen LogP contribution in [0.3, 0.4) is 0 Å². The van der Waals surface area contributed by atoms with Crippen LogP contribution in [0.1, 0.15) is 24.3 Å². The van der Waals surface area contributed by atoms with E-state index in [2.05, 4.69) is 4.99 Å². The van der Waals surface area contributed by atoms with Crippen molar-refractivity contribution in [2.24, 2.45) is 4.99 Å². The van der Waals surface area contributed by atoms with Gasteiger partial charge in [-0.05, 0) is 31.2 Å². The second-order valence-electron chi connectivity index (χ2n) is 6.89. The Bertz CT molecular complexity index is 1500. The minimum absolute atomic E-state index is 0.132. The Labute approximate surface area is 194 Å². The number of ether oxygens (including phenoxy) is 2. The van der Waals surface area contributed by atoms with E-state index in [1.807, 2.05) is 0 Å². The third-order valence-corrected chi connectivity index (χ3v) is 6.20. The molecule has 2 aromatic heterocycles. The van der Waals surface area contributed by atoms with Crippen molar-refractivity contribution in [3.8, 4) is 5.75 Å². The van der Waals surface area contributed by atoms with Crippen LogP contribution in [-0.2, 0) is 9.53 Å². The molecule has 170 valence electrons. The maximum Gasteiger partial charge on any atom is 0.433 e. The summed E-state index contributed by atoms with van der Waals surface area (Å²) < 4.78 is 17.1. The molecule has 1 aliphatic heterocycles. The fraction of sp³-hybridized carbons (Fsp3) is 0.190. The third kappa shape index (κ3) is 3.96. The van der Waals surface area contributed by atoms with Gasteiger partial charge < -0.3 is 13.9 Å². The first-order chi connectivity index (χ1) is 15.7. The van der Waals surface area contributed by atoms with Crippen molar-refractivity contribution in [1.82, 2.24) is 4.57 Å². The van der Waals surface area contributed by atoms with E-state index in [0.29, 0.717) is 26.8 Å². The fourth-order valence-corrected chi connectivity index (χ4v) is 4.76. The first-order valence-corrected chi connectivity index (χ1v) is 10.6. The highest BCUT2D eigenvalue weighted by atomic mass is 35.5. The molecule has 0 bridgehead atoms. The molecule has 0 saturated heterocycles. The summed E-state index contributed by atoms with van der Waals surface area (Å²) in [4.78, 5) is 41.1. The average molecular weight is 490 g/mol. The highest BCUT2D eigenvalue weighted by Crippen LogP contribution is 2.37. The fourth-order valence-electron chi connectivity index (χ4n) is 3.55. The molecular formula is C21H16ClN3O7S. The molecule has 0 fully saturated rings. The number of furan rings is 1. The Morgan fingerprint density at radius 3 is 2.73 bits per heavy atom. The lowest BCUT2D eigenvalue weighted by molar-refractivity contribution is -0.402. The minimum atomic E-state index is -0.921. The second-order valence-corrected chi connectivity index (χ2v) is 8.34. The monoisotopic (exact) mass is 489 g/mol. The zero-order valence-corrected chi connectivity index (χ0v) is 19.1. The van der Waals surface area contributed by atoms with Crippen molar-refractivity contribution < 1.29 is 23.6 Å². The largest absolute Gasteiger partial charge is 0.496 e. The zero-order valence-electron chi connectivity index (χ0n) is 17.5. The number of rotatable bonds is 5. The number of esters is 1. The van der Waals surface area contributed by atoms with Crippen LogP contribution in [0.25, 0.3) is 6.08 Å². The van der Waals surface area contributed by atoms with Crippen LogP contribution in [0, 0.1) is 10.1 Å². The summed E-state index contributed by atoms with van der Waals surface area (Å²) in [7, 11) is 2.71. The van der Waals surface area contributed by atoms with Gasteiger partial charge in [-0.15, -0.1) is 0 Å². The summed E-state index contributed by atoms with van der Waals surface area (Å²) in [6.45, 7) is 1.64. The molecule has 0 unspecified atom stereocenters. The average Bonchev–Trinajstić information content (AvgIpc) is 3.37. The van der Waals surface area contributed by atoms with E-state index in [4.69, 9.17) is 25.5 Å². The van der Waals surface area contributed by atoms with Crippen molar-refractivity contribution in [3.05, 3.63) is 87.8 Å². The summed E-state index contributed by atoms with van der Waals surface area (Å²) in [6.07, 6.45) is 1.39. The number of aromatic nitrogens is 1. The van der Waals surface area contributed by atoms with E-state index in [-0.39, 0.29) is 15.9 Å². The first kappa shape index (κ1) is 22.5. The Morgan fingerprint density at radius 1 is 1.33 bits per heavy atom. The highest BCUT2D eigenvalue weighted by Gasteiger charge is 2.35. The van der Waals surface area contributed by atoms with E-state index in [0.717, 1.165) is 11.3 Å². The number of carbonyl (C=O) groups excluding carboxylic acids is 1. The first-order valence-electron chi connectivity index (χ1n) is 9.43. The summed E-state index contributed by atoms with van der Waals surface area (Å²) in [5.74, 6) is -0.553. The van der Waals surface area contributed by atoms with Crippen molar-refractivity contribution >= 4 is 40.9 Å². The quantitative estimate of drug-likeness (QED) is 0.306. The molecule has 12 heteroatoms. The maximum atomic E-state index is 13.4. The molecule has 10 nitrogen and oxygen atoms in total. The molecule has 3 aromatic rings. The van der Waals surface area contributed by atoms with Crippen LogP contribution < -0.4 is 19.6 Å². The predicted molar refractivity (Wildman–Crippen MR) is 119 cm³/mol. The van der Waals surface area contributed by atoms with Gasteiger partial charge in [-0.25, -0.2) is 9.79 Å². The summed E-state index contributed by atoms with van der Waals surface area (Å²) in [6, 6.07) is 6.54. The SMILES string of the molecule is COC(=O)C1=C(C)N=c2s/c(=C/c3ccc([N+](=O)[O-])o3)c(=O)n2[C@H]1c1cc(Cl)ccc1OC. The summed E-state index contributed by atoms with van der Waals surface area (Å²) >= 11 is 7.28. The number of methoxy groups -OCH3 is 2. The molecule has 4 rings (SSSR count). The minimum Gasteiger partial charge on any atom is -0.496 e. The number of nitrogens with zero attached hydrogens (tertiary/aromatic N) is 3. The van der Waals surface area contributed by atoms with Crippen LogP contribution in [0.2, 0.25) is 5.02 Å². The zero-order chi connectivity index (χ0) is 23.9. The third-order valence-electron chi connectivity index (χ3n) is 4.98. The molecular weight excluding hydrogens is 474 g/mol. The van der Waals surface area contributed by atoms with Crippen LogP contribution in [0.5, 0.6) is 5.75 Å². The number of fused-ring (bicyclic) bond motifs is 1. The van der Waals surface area contributed by atoms with Gasteiger partial charge in [0.25, 0.3) is 5.56 Å². The van der Waals surface area contributed by atoms with Crippen molar-refractivity contribution in [1.29, 1.82) is 0 Å². The lowest BCUT2D eigenvalue weighted by atomic mass is 9.95. The standard InChI is InChI=1S/C21H16ClN3O7S/c1-10-17(20(27)31-3)18(13-8-11(22)4-6-14(13)30-2)24-19(26)15(33-21(24)23-10)9-12-5-7-16(32-12)25(28)29/h4-9,18H,1-3H3/b15-9+/t18-/m0/s1. The Balaban J connectivity index is 2.00. The molecule has 33 heavy (non-hydrogen) atoms. The predicted octanol–water partition coefficient (Wildman–Crippen LogP) is 2.57. The van der Waals surface area contributed by atoms with Gasteiger partial charge >= 0.3 is 11.9 Å². The van der Waals surface area contributed by atoms with Gasteiger partial charge in [0.05, 0.1) is 36.1 Å². The number of halogens is 1. The molecule has 0 N–H and O–H groups in total. The molecule has 0 aliphatic carbocycles. The normalized spacial score (nSPS) is 15.8. The van der Waals surface area contributed by atoms with Crippen LogP contribution in [-0.4, -0.2) is 29.7 Å². The number of benzene rings is 1. The molecule has 1 aliphatic rings. The number of hydrogen-bond acceptors (Lipinski definition) is 9. The molecule has 0 radical (unpaired) electrons. The Kier molecular flexibility index (Phi) is 5.91. The number of thiazole rings is 1. The molecule has 1 atom stereocenters. The maximum absolute atomic E-state index is 13.4. The van der Waals surface area contributed by atoms with Gasteiger partial charge in [-0.2, -0.15) is 0 Å². The van der Waals surface area contributed by atoms with Crippen molar-refractivity contribution in [2.75, 3.05) is 14.2 Å². The smallest absolute Gasteiger partial charge is 0.433 e. The molecule has 0 amide bonds. The van der Waals surface area contributed by atoms with E-state index in [1.165, 1.54) is 37.0 Å². The van der Waals surface area contributed by atoms with Crippen LogP contribution in [0.15, 0.2) is 55.8 Å². The van der Waals surface area contributed by atoms with E-state index < -0.39 is 28.4 Å². The second kappa shape index (κ2) is 8.68. The Hall–Kier alpha value is -3.70. The van der Waals surface area contributed by atoms with E-state index >= 15 is 0 Å². The van der Waals surface area contributed by atoms with Crippen molar-refractivity contribution in [2.45, 2.75) is 13.0 Å². The van der Waals surface area contributed by atoms with E-state index in [1.54, 1.807) is 25.1 Å². The van der Waals surface area contributed by atoms with Gasteiger partial charge in [0.15, 0.2) is 4.80 Å². The van der Waals surface area contributed by atoms with Gasteiger partial charge in [-0.1, -0.05) is 22.9 Å². The van der Waals surface area contributed by atoms with Crippen LogP contribution in [0.4, 0.5) is 5.88 Å². The summed E-state index contributed by atoms with van der Waals surface area (Å²) in [5, 5.41) is 11.3. The highest BCUT2D eigenvalue weighted by molar-refractivity contribution is 7.07. The van der Waals surface area contributed by atoms with Gasteiger partial charge in [0, 0.05) is 16.7 Å². The number of hydrogen-bond donors (Lipinski definition) is 0.